The van der Waals surface area contributed by atoms with Gasteiger partial charge in [0.1, 0.15) is 5.82 Å². The van der Waals surface area contributed by atoms with Gasteiger partial charge < -0.3 is 21.9 Å². The molecule has 80 valence electrons. The molecule has 4 nitrogen and oxygen atoms in total. The third-order valence-electron chi connectivity index (χ3n) is 0.601. The Morgan fingerprint density at radius 1 is 1.31 bits per heavy atom. The van der Waals surface area contributed by atoms with Gasteiger partial charge in [0.05, 0.1) is 0 Å². The summed E-state index contributed by atoms with van der Waals surface area (Å²) in [5.74, 6) is 0.157. The Labute approximate surface area is 81.4 Å². The summed E-state index contributed by atoms with van der Waals surface area (Å²) in [6, 6.07) is 0. The van der Waals surface area contributed by atoms with E-state index in [4.69, 9.17) is 21.9 Å². The molecular formula is C9H23N3O. The quantitative estimate of drug-likeness (QED) is 0.563. The van der Waals surface area contributed by atoms with E-state index in [2.05, 4.69) is 6.58 Å². The Hall–Kier alpha value is -1.16. The fourth-order valence-corrected chi connectivity index (χ4v) is 0.204. The minimum Gasteiger partial charge on any atom is -0.402 e. The lowest BCUT2D eigenvalue weighted by molar-refractivity contribution is 0.162. The van der Waals surface area contributed by atoms with E-state index in [-0.39, 0.29) is 5.82 Å². The third-order valence-corrected chi connectivity index (χ3v) is 0.601. The van der Waals surface area contributed by atoms with Crippen molar-refractivity contribution in [2.45, 2.75) is 20.8 Å². The van der Waals surface area contributed by atoms with E-state index in [1.54, 1.807) is 6.08 Å². The lowest BCUT2D eigenvalue weighted by atomic mass is 10.8. The molecule has 0 aliphatic rings. The van der Waals surface area contributed by atoms with Crippen LogP contribution in [0.1, 0.15) is 20.8 Å². The first-order valence-electron chi connectivity index (χ1n) is 4.18. The van der Waals surface area contributed by atoms with E-state index in [9.17, 15) is 0 Å². The molecule has 0 atom stereocenters. The predicted molar refractivity (Wildman–Crippen MR) is 58.7 cm³/mol. The van der Waals surface area contributed by atoms with Gasteiger partial charge in [-0.2, -0.15) is 0 Å². The smallest absolute Gasteiger partial charge is 0.109 e. The van der Waals surface area contributed by atoms with E-state index < -0.39 is 0 Å². The maximum atomic E-state index is 4.83. The Morgan fingerprint density at radius 3 is 1.54 bits per heavy atom. The van der Waals surface area contributed by atoms with Crippen LogP contribution in [0.5, 0.6) is 0 Å². The van der Waals surface area contributed by atoms with Gasteiger partial charge in [0.2, 0.25) is 0 Å². The zero-order valence-electron chi connectivity index (χ0n) is 8.92. The van der Waals surface area contributed by atoms with Gasteiger partial charge in [-0.1, -0.05) is 6.08 Å². The maximum absolute atomic E-state index is 4.83. The molecule has 6 N–H and O–H groups in total. The molecular weight excluding hydrogens is 166 g/mol. The Morgan fingerprint density at radius 2 is 1.54 bits per heavy atom. The van der Waals surface area contributed by atoms with E-state index in [0.29, 0.717) is 0 Å². The summed E-state index contributed by atoms with van der Waals surface area (Å²) in [5, 5.41) is 0. The molecule has 0 saturated carbocycles. The highest BCUT2D eigenvalue weighted by atomic mass is 16.5. The molecule has 0 aliphatic heterocycles. The molecule has 0 heterocycles. The maximum Gasteiger partial charge on any atom is 0.109 e. The summed E-state index contributed by atoms with van der Waals surface area (Å²) >= 11 is 0. The zero-order valence-corrected chi connectivity index (χ0v) is 8.92. The largest absolute Gasteiger partial charge is 0.402 e. The molecule has 0 aromatic heterocycles. The molecule has 0 aliphatic carbocycles. The highest BCUT2D eigenvalue weighted by Gasteiger charge is 1.64. The first kappa shape index (κ1) is 17.8. The second kappa shape index (κ2) is 22.4. The summed E-state index contributed by atoms with van der Waals surface area (Å²) in [6.45, 7) is 10.9. The van der Waals surface area contributed by atoms with E-state index >= 15 is 0 Å². The Balaban J connectivity index is -0.000000120. The van der Waals surface area contributed by atoms with Gasteiger partial charge in [0.25, 0.3) is 0 Å². The number of ether oxygens (including phenoxy) is 1. The van der Waals surface area contributed by atoms with Gasteiger partial charge in [0.15, 0.2) is 0 Å². The fraction of sp³-hybridized carbons (Fsp3) is 0.556. The van der Waals surface area contributed by atoms with Crippen LogP contribution in [0.3, 0.4) is 0 Å². The summed E-state index contributed by atoms with van der Waals surface area (Å²) in [7, 11) is 0. The number of hydrogen-bond donors (Lipinski definition) is 3. The monoisotopic (exact) mass is 189 g/mol. The molecule has 0 rings (SSSR count). The molecule has 0 fully saturated rings. The van der Waals surface area contributed by atoms with Crippen LogP contribution in [0.15, 0.2) is 24.7 Å². The summed E-state index contributed by atoms with van der Waals surface area (Å²) in [6.07, 6.45) is 2.89. The van der Waals surface area contributed by atoms with Crippen molar-refractivity contribution >= 4 is 0 Å². The van der Waals surface area contributed by atoms with Crippen LogP contribution >= 0.6 is 0 Å². The van der Waals surface area contributed by atoms with Gasteiger partial charge in [-0.15, -0.1) is 6.58 Å². The minimum atomic E-state index is 0.157. The molecule has 0 aromatic rings. The molecule has 0 bridgehead atoms. The Kier molecular flexibility index (Phi) is 30.7. The molecule has 13 heavy (non-hydrogen) atoms. The van der Waals surface area contributed by atoms with E-state index in [0.717, 1.165) is 19.4 Å². The fourth-order valence-electron chi connectivity index (χ4n) is 0.204. The van der Waals surface area contributed by atoms with Crippen molar-refractivity contribution in [3.63, 3.8) is 0 Å². The van der Waals surface area contributed by atoms with E-state index in [1.807, 2.05) is 20.8 Å². The van der Waals surface area contributed by atoms with Crippen LogP contribution in [-0.2, 0) is 4.74 Å². The number of allylic oxidation sites excluding steroid dienone is 1. The van der Waals surface area contributed by atoms with Crippen molar-refractivity contribution in [2.75, 3.05) is 13.2 Å². The van der Waals surface area contributed by atoms with Crippen molar-refractivity contribution in [1.82, 2.24) is 0 Å². The molecule has 0 amide bonds. The highest BCUT2D eigenvalue weighted by molar-refractivity contribution is 4.83. The average Bonchev–Trinajstić information content (AvgIpc) is 2.08. The van der Waals surface area contributed by atoms with Crippen molar-refractivity contribution in [3.05, 3.63) is 24.7 Å². The van der Waals surface area contributed by atoms with Crippen LogP contribution < -0.4 is 17.2 Å². The standard InChI is InChI=1S/C4H10O.C3H6.C2H7N3/c1-3-5-4-2;1-3-2;3-1-2(4)5/h3-4H2,1-2H3;3H,1H2,2H3;1H,3-5H2. The number of nitrogens with two attached hydrogens (primary N) is 3. The van der Waals surface area contributed by atoms with Gasteiger partial charge >= 0.3 is 0 Å². The number of hydrogen-bond acceptors (Lipinski definition) is 4. The normalized spacial score (nSPS) is 6.69. The van der Waals surface area contributed by atoms with Crippen LogP contribution in [0, 0.1) is 0 Å². The lowest BCUT2D eigenvalue weighted by Crippen LogP contribution is -2.09. The Bertz CT molecular complexity index is 107. The van der Waals surface area contributed by atoms with Gasteiger partial charge in [-0.05, 0) is 20.8 Å². The summed E-state index contributed by atoms with van der Waals surface area (Å²) < 4.78 is 4.83. The van der Waals surface area contributed by atoms with Crippen molar-refractivity contribution < 1.29 is 4.74 Å². The average molecular weight is 189 g/mol. The topological polar surface area (TPSA) is 87.3 Å². The summed E-state index contributed by atoms with van der Waals surface area (Å²) in [5.41, 5.74) is 14.4. The molecule has 0 aromatic carbocycles. The molecule has 0 saturated heterocycles. The van der Waals surface area contributed by atoms with Crippen molar-refractivity contribution in [1.29, 1.82) is 0 Å². The van der Waals surface area contributed by atoms with Gasteiger partial charge in [0, 0.05) is 19.4 Å². The van der Waals surface area contributed by atoms with Crippen LogP contribution in [0.2, 0.25) is 0 Å². The third kappa shape index (κ3) is 105. The minimum absolute atomic E-state index is 0.157. The molecule has 0 unspecified atom stereocenters. The second-order valence-corrected chi connectivity index (χ2v) is 1.86. The van der Waals surface area contributed by atoms with Gasteiger partial charge in [-0.25, -0.2) is 0 Å². The molecule has 4 heteroatoms. The van der Waals surface area contributed by atoms with Crippen LogP contribution in [-0.4, -0.2) is 13.2 Å². The summed E-state index contributed by atoms with van der Waals surface area (Å²) in [4.78, 5) is 0. The number of rotatable bonds is 2. The van der Waals surface area contributed by atoms with Gasteiger partial charge in [-0.3, -0.25) is 0 Å². The van der Waals surface area contributed by atoms with Crippen LogP contribution in [0.4, 0.5) is 0 Å². The lowest BCUT2D eigenvalue weighted by Gasteiger charge is -1.86. The van der Waals surface area contributed by atoms with Crippen molar-refractivity contribution in [2.24, 2.45) is 17.2 Å². The second-order valence-electron chi connectivity index (χ2n) is 1.86. The van der Waals surface area contributed by atoms with Crippen LogP contribution in [0.25, 0.3) is 0 Å². The predicted octanol–water partition coefficient (Wildman–Crippen LogP) is 0.897. The first-order valence-corrected chi connectivity index (χ1v) is 4.18. The highest BCUT2D eigenvalue weighted by Crippen LogP contribution is 1.64. The molecule has 0 radical (unpaired) electrons. The first-order chi connectivity index (χ1) is 6.10. The molecule has 0 spiro atoms. The zero-order chi connectivity index (χ0) is 11.1. The van der Waals surface area contributed by atoms with Crippen molar-refractivity contribution in [3.8, 4) is 0 Å². The van der Waals surface area contributed by atoms with E-state index in [1.165, 1.54) is 0 Å². The SMILES string of the molecule is C=CC.CCOCC.NC=C(N)N.